The zero-order chi connectivity index (χ0) is 13.9. The molecule has 2 heteroatoms. The van der Waals surface area contributed by atoms with Crippen LogP contribution in [-0.4, -0.2) is 5.66 Å². The Morgan fingerprint density at radius 1 is 0.750 bits per heavy atom. The first kappa shape index (κ1) is 14.9. The molecule has 0 aromatic heterocycles. The Morgan fingerprint density at radius 2 is 1.25 bits per heavy atom. The number of hydrogen-bond donors (Lipinski definition) is 0. The van der Waals surface area contributed by atoms with Crippen LogP contribution in [0.5, 0.6) is 0 Å². The summed E-state index contributed by atoms with van der Waals surface area (Å²) in [5.41, 5.74) is 2.40. The molecule has 2 fully saturated rings. The molecule has 0 bridgehead atoms. The molecule has 1 aromatic rings. The van der Waals surface area contributed by atoms with E-state index in [2.05, 4.69) is 21.4 Å². The standard InChI is InChI=1S/C18H26ClP/c19-17-9-5-15(6-10-17)13-1-3-14(4-2-13)16-7-11-18(20)12-8-16/h5-6,9-10,13-14,16,18H,1-4,7-8,11-12,20H2. The molecule has 3 rings (SSSR count). The number of hydrogen-bond acceptors (Lipinski definition) is 0. The van der Waals surface area contributed by atoms with Gasteiger partial charge in [-0.1, -0.05) is 23.7 Å². The first-order valence-corrected chi connectivity index (χ1v) is 9.28. The predicted molar refractivity (Wildman–Crippen MR) is 91.6 cm³/mol. The molecule has 0 saturated heterocycles. The first-order chi connectivity index (χ1) is 9.72. The molecule has 1 atom stereocenters. The summed E-state index contributed by atoms with van der Waals surface area (Å²) >= 11 is 5.99. The summed E-state index contributed by atoms with van der Waals surface area (Å²) in [6, 6.07) is 8.55. The van der Waals surface area contributed by atoms with Crippen molar-refractivity contribution < 1.29 is 0 Å². The molecule has 2 saturated carbocycles. The lowest BCUT2D eigenvalue weighted by atomic mass is 9.70. The summed E-state index contributed by atoms with van der Waals surface area (Å²) in [5, 5.41) is 0.858. The molecule has 0 aliphatic heterocycles. The summed E-state index contributed by atoms with van der Waals surface area (Å²) in [7, 11) is 3.02. The molecule has 0 N–H and O–H groups in total. The Labute approximate surface area is 130 Å². The van der Waals surface area contributed by atoms with E-state index < -0.39 is 0 Å². The zero-order valence-corrected chi connectivity index (χ0v) is 14.1. The Hall–Kier alpha value is -0.0600. The molecular formula is C18H26ClP. The quantitative estimate of drug-likeness (QED) is 0.584. The van der Waals surface area contributed by atoms with E-state index in [0.717, 1.165) is 28.4 Å². The molecule has 2 aliphatic carbocycles. The van der Waals surface area contributed by atoms with Gasteiger partial charge in [-0.25, -0.2) is 0 Å². The SMILES string of the molecule is PC1CCC(C2CCC(c3ccc(Cl)cc3)CC2)CC1. The summed E-state index contributed by atoms with van der Waals surface area (Å²) in [6.07, 6.45) is 11.5. The first-order valence-electron chi connectivity index (χ1n) is 8.23. The van der Waals surface area contributed by atoms with Gasteiger partial charge >= 0.3 is 0 Å². The second-order valence-corrected chi connectivity index (χ2v) is 8.22. The third kappa shape index (κ3) is 3.58. The third-order valence-electron chi connectivity index (χ3n) is 5.60. The number of rotatable bonds is 2. The maximum absolute atomic E-state index is 5.99. The van der Waals surface area contributed by atoms with Crippen LogP contribution in [0.3, 0.4) is 0 Å². The Kier molecular flexibility index (Phi) is 5.05. The zero-order valence-electron chi connectivity index (χ0n) is 12.2. The van der Waals surface area contributed by atoms with E-state index in [1.165, 1.54) is 56.9 Å². The van der Waals surface area contributed by atoms with Gasteiger partial charge in [0.1, 0.15) is 0 Å². The average Bonchev–Trinajstić information content (AvgIpc) is 2.49. The minimum Gasteiger partial charge on any atom is -0.134 e. The van der Waals surface area contributed by atoms with Crippen molar-refractivity contribution in [3.05, 3.63) is 34.9 Å². The molecule has 0 heterocycles. The van der Waals surface area contributed by atoms with Crippen molar-refractivity contribution in [3.8, 4) is 0 Å². The maximum atomic E-state index is 5.99. The van der Waals surface area contributed by atoms with Crippen LogP contribution in [-0.2, 0) is 0 Å². The van der Waals surface area contributed by atoms with E-state index in [1.807, 2.05) is 12.1 Å². The van der Waals surface area contributed by atoms with E-state index in [4.69, 9.17) is 11.6 Å². The van der Waals surface area contributed by atoms with Gasteiger partial charge in [0.05, 0.1) is 0 Å². The molecule has 1 aromatic carbocycles. The Morgan fingerprint density at radius 3 is 1.80 bits per heavy atom. The summed E-state index contributed by atoms with van der Waals surface area (Å²) in [4.78, 5) is 0. The van der Waals surface area contributed by atoms with Gasteiger partial charge in [-0.05, 0) is 92.5 Å². The molecule has 1 unspecified atom stereocenters. The van der Waals surface area contributed by atoms with Gasteiger partial charge < -0.3 is 0 Å². The number of benzene rings is 1. The van der Waals surface area contributed by atoms with Crippen molar-refractivity contribution in [2.45, 2.75) is 62.9 Å². The van der Waals surface area contributed by atoms with Crippen LogP contribution in [0, 0.1) is 11.8 Å². The lowest BCUT2D eigenvalue weighted by Gasteiger charge is -2.37. The summed E-state index contributed by atoms with van der Waals surface area (Å²) < 4.78 is 0. The second kappa shape index (κ2) is 6.80. The van der Waals surface area contributed by atoms with Crippen LogP contribution in [0.2, 0.25) is 5.02 Å². The lowest BCUT2D eigenvalue weighted by molar-refractivity contribution is 0.188. The summed E-state index contributed by atoms with van der Waals surface area (Å²) in [5.74, 6) is 2.82. The van der Waals surface area contributed by atoms with Crippen LogP contribution in [0.1, 0.15) is 62.8 Å². The Bertz CT molecular complexity index is 412. The van der Waals surface area contributed by atoms with Crippen molar-refractivity contribution in [1.82, 2.24) is 0 Å². The van der Waals surface area contributed by atoms with Crippen LogP contribution in [0.25, 0.3) is 0 Å². The van der Waals surface area contributed by atoms with Crippen LogP contribution in [0.4, 0.5) is 0 Å². The number of halogens is 1. The highest BCUT2D eigenvalue weighted by Crippen LogP contribution is 2.43. The molecule has 0 radical (unpaired) electrons. The van der Waals surface area contributed by atoms with Gasteiger partial charge in [-0.3, -0.25) is 0 Å². The van der Waals surface area contributed by atoms with Crippen LogP contribution >= 0.6 is 20.8 Å². The van der Waals surface area contributed by atoms with Crippen molar-refractivity contribution in [3.63, 3.8) is 0 Å². The van der Waals surface area contributed by atoms with E-state index in [9.17, 15) is 0 Å². The highest BCUT2D eigenvalue weighted by atomic mass is 35.5. The topological polar surface area (TPSA) is 0 Å². The third-order valence-corrected chi connectivity index (χ3v) is 6.52. The van der Waals surface area contributed by atoms with Gasteiger partial charge in [0.2, 0.25) is 0 Å². The monoisotopic (exact) mass is 308 g/mol. The molecule has 110 valence electrons. The molecule has 0 spiro atoms. The molecule has 0 nitrogen and oxygen atoms in total. The van der Waals surface area contributed by atoms with Crippen molar-refractivity contribution >= 4 is 20.8 Å². The van der Waals surface area contributed by atoms with Gasteiger partial charge in [-0.2, -0.15) is 0 Å². The van der Waals surface area contributed by atoms with Crippen molar-refractivity contribution in [2.24, 2.45) is 11.8 Å². The molecular weight excluding hydrogens is 283 g/mol. The van der Waals surface area contributed by atoms with Crippen LogP contribution in [0.15, 0.2) is 24.3 Å². The molecule has 20 heavy (non-hydrogen) atoms. The largest absolute Gasteiger partial charge is 0.134 e. The molecule has 2 aliphatic rings. The van der Waals surface area contributed by atoms with Crippen molar-refractivity contribution in [2.75, 3.05) is 0 Å². The second-order valence-electron chi connectivity index (χ2n) is 6.84. The fraction of sp³-hybridized carbons (Fsp3) is 0.667. The van der Waals surface area contributed by atoms with E-state index in [-0.39, 0.29) is 0 Å². The van der Waals surface area contributed by atoms with E-state index >= 15 is 0 Å². The average molecular weight is 309 g/mol. The predicted octanol–water partition coefficient (Wildman–Crippen LogP) is 6.05. The van der Waals surface area contributed by atoms with Crippen LogP contribution < -0.4 is 0 Å². The van der Waals surface area contributed by atoms with Gasteiger partial charge in [0.25, 0.3) is 0 Å². The van der Waals surface area contributed by atoms with Crippen molar-refractivity contribution in [1.29, 1.82) is 0 Å². The van der Waals surface area contributed by atoms with Gasteiger partial charge in [0.15, 0.2) is 0 Å². The fourth-order valence-electron chi connectivity index (χ4n) is 4.28. The minimum atomic E-state index is 0.779. The maximum Gasteiger partial charge on any atom is 0.0406 e. The van der Waals surface area contributed by atoms with Gasteiger partial charge in [-0.15, -0.1) is 9.24 Å². The highest BCUT2D eigenvalue weighted by Gasteiger charge is 2.30. The minimum absolute atomic E-state index is 0.779. The highest BCUT2D eigenvalue weighted by molar-refractivity contribution is 7.17. The van der Waals surface area contributed by atoms with E-state index in [1.54, 1.807) is 0 Å². The van der Waals surface area contributed by atoms with Gasteiger partial charge in [0, 0.05) is 5.02 Å². The molecule has 0 amide bonds. The van der Waals surface area contributed by atoms with E-state index in [0.29, 0.717) is 0 Å². The summed E-state index contributed by atoms with van der Waals surface area (Å²) in [6.45, 7) is 0. The normalized spacial score (nSPS) is 34.9. The fourth-order valence-corrected chi connectivity index (χ4v) is 4.79. The smallest absolute Gasteiger partial charge is 0.0406 e. The Balaban J connectivity index is 1.53. The lowest BCUT2D eigenvalue weighted by Crippen LogP contribution is -2.25.